The molecule has 0 radical (unpaired) electrons. The molecule has 0 spiro atoms. The molecule has 0 aromatic heterocycles. The lowest BCUT2D eigenvalue weighted by Crippen LogP contribution is -2.34. The molecule has 2 aromatic rings. The van der Waals surface area contributed by atoms with Gasteiger partial charge in [-0.2, -0.15) is 0 Å². The zero-order chi connectivity index (χ0) is 20.3. The van der Waals surface area contributed by atoms with E-state index >= 15 is 0 Å². The van der Waals surface area contributed by atoms with Gasteiger partial charge >= 0.3 is 0 Å². The number of amides is 1. The van der Waals surface area contributed by atoms with Gasteiger partial charge in [0.2, 0.25) is 15.9 Å². The molecule has 1 aliphatic carbocycles. The number of benzene rings is 2. The van der Waals surface area contributed by atoms with E-state index in [4.69, 9.17) is 0 Å². The largest absolute Gasteiger partial charge is 0.325 e. The summed E-state index contributed by atoms with van der Waals surface area (Å²) in [5, 5.41) is 2.78. The van der Waals surface area contributed by atoms with Gasteiger partial charge in [0.1, 0.15) is 5.82 Å². The average Bonchev–Trinajstić information content (AvgIpc) is 3.49. The van der Waals surface area contributed by atoms with E-state index in [-0.39, 0.29) is 23.2 Å². The van der Waals surface area contributed by atoms with Crippen LogP contribution in [-0.4, -0.2) is 38.9 Å². The first kappa shape index (κ1) is 20.4. The topological polar surface area (TPSA) is 78.5 Å². The van der Waals surface area contributed by atoms with Crippen LogP contribution in [0.4, 0.5) is 10.1 Å². The van der Waals surface area contributed by atoms with Crippen molar-refractivity contribution in [3.8, 4) is 0 Å². The SMILES string of the molecule is CNS(=O)(=O)c1cc(NC(=O)CN(Cc2ccc(F)cc2)C2CC2)ccc1C. The maximum absolute atomic E-state index is 13.1. The second-order valence-electron chi connectivity index (χ2n) is 7.00. The Labute approximate surface area is 164 Å². The summed E-state index contributed by atoms with van der Waals surface area (Å²) in [5.41, 5.74) is 1.98. The van der Waals surface area contributed by atoms with Crippen molar-refractivity contribution in [1.29, 1.82) is 0 Å². The van der Waals surface area contributed by atoms with Gasteiger partial charge in [0.15, 0.2) is 0 Å². The van der Waals surface area contributed by atoms with Crippen LogP contribution in [0.1, 0.15) is 24.0 Å². The quantitative estimate of drug-likeness (QED) is 0.708. The first-order valence-electron chi connectivity index (χ1n) is 9.11. The van der Waals surface area contributed by atoms with Crippen molar-refractivity contribution in [2.75, 3.05) is 18.9 Å². The molecular formula is C20H24FN3O3S. The maximum Gasteiger partial charge on any atom is 0.240 e. The Bertz CT molecular complexity index is 957. The van der Waals surface area contributed by atoms with Crippen molar-refractivity contribution >= 4 is 21.6 Å². The summed E-state index contributed by atoms with van der Waals surface area (Å²) in [4.78, 5) is 14.7. The number of hydrogen-bond donors (Lipinski definition) is 2. The van der Waals surface area contributed by atoms with E-state index in [0.29, 0.717) is 23.8 Å². The number of carbonyl (C=O) groups excluding carboxylic acids is 1. The molecule has 1 fully saturated rings. The number of halogens is 1. The zero-order valence-electron chi connectivity index (χ0n) is 15.9. The Morgan fingerprint density at radius 1 is 1.18 bits per heavy atom. The third kappa shape index (κ3) is 5.15. The van der Waals surface area contributed by atoms with Gasteiger partial charge in [-0.1, -0.05) is 18.2 Å². The van der Waals surface area contributed by atoms with Crippen LogP contribution < -0.4 is 10.0 Å². The molecule has 1 amide bonds. The van der Waals surface area contributed by atoms with E-state index < -0.39 is 10.0 Å². The van der Waals surface area contributed by atoms with Crippen LogP contribution in [-0.2, 0) is 21.4 Å². The molecule has 1 aliphatic rings. The van der Waals surface area contributed by atoms with E-state index in [1.807, 2.05) is 0 Å². The highest BCUT2D eigenvalue weighted by Crippen LogP contribution is 2.28. The Morgan fingerprint density at radius 2 is 1.86 bits per heavy atom. The first-order valence-corrected chi connectivity index (χ1v) is 10.6. The highest BCUT2D eigenvalue weighted by Gasteiger charge is 2.30. The molecular weight excluding hydrogens is 381 g/mol. The van der Waals surface area contributed by atoms with Crippen molar-refractivity contribution in [2.45, 2.75) is 37.2 Å². The van der Waals surface area contributed by atoms with Crippen LogP contribution in [0, 0.1) is 12.7 Å². The van der Waals surface area contributed by atoms with Crippen molar-refractivity contribution in [3.05, 3.63) is 59.4 Å². The monoisotopic (exact) mass is 405 g/mol. The highest BCUT2D eigenvalue weighted by atomic mass is 32.2. The summed E-state index contributed by atoms with van der Waals surface area (Å²) in [6, 6.07) is 11.4. The average molecular weight is 405 g/mol. The molecule has 1 saturated carbocycles. The molecule has 150 valence electrons. The minimum atomic E-state index is -3.60. The molecule has 0 bridgehead atoms. The van der Waals surface area contributed by atoms with Crippen LogP contribution in [0.2, 0.25) is 0 Å². The van der Waals surface area contributed by atoms with Crippen molar-refractivity contribution < 1.29 is 17.6 Å². The molecule has 2 aromatic carbocycles. The Balaban J connectivity index is 1.68. The lowest BCUT2D eigenvalue weighted by atomic mass is 10.2. The van der Waals surface area contributed by atoms with Gasteiger partial charge in [0, 0.05) is 18.3 Å². The molecule has 0 unspecified atom stereocenters. The van der Waals surface area contributed by atoms with Crippen LogP contribution >= 0.6 is 0 Å². The number of hydrogen-bond acceptors (Lipinski definition) is 4. The van der Waals surface area contributed by atoms with Gasteiger partial charge in [-0.25, -0.2) is 17.5 Å². The third-order valence-corrected chi connectivity index (χ3v) is 6.30. The molecule has 0 saturated heterocycles. The Hall–Kier alpha value is -2.29. The first-order chi connectivity index (χ1) is 13.3. The number of aryl methyl sites for hydroxylation is 1. The van der Waals surface area contributed by atoms with Gasteiger partial charge in [0.25, 0.3) is 0 Å². The Kier molecular flexibility index (Phi) is 6.12. The number of anilines is 1. The van der Waals surface area contributed by atoms with Gasteiger partial charge in [0.05, 0.1) is 11.4 Å². The fourth-order valence-corrected chi connectivity index (χ4v) is 4.03. The van der Waals surface area contributed by atoms with Crippen molar-refractivity contribution in [2.24, 2.45) is 0 Å². The van der Waals surface area contributed by atoms with E-state index in [1.54, 1.807) is 31.2 Å². The second kappa shape index (κ2) is 8.38. The maximum atomic E-state index is 13.1. The van der Waals surface area contributed by atoms with E-state index in [9.17, 15) is 17.6 Å². The molecule has 0 heterocycles. The number of carbonyl (C=O) groups is 1. The van der Waals surface area contributed by atoms with Gasteiger partial charge < -0.3 is 5.32 Å². The lowest BCUT2D eigenvalue weighted by Gasteiger charge is -2.21. The van der Waals surface area contributed by atoms with E-state index in [2.05, 4.69) is 14.9 Å². The summed E-state index contributed by atoms with van der Waals surface area (Å²) in [5.74, 6) is -0.503. The third-order valence-electron chi connectivity index (χ3n) is 4.74. The normalized spacial score (nSPS) is 14.3. The summed E-state index contributed by atoms with van der Waals surface area (Å²) in [6.45, 7) is 2.45. The highest BCUT2D eigenvalue weighted by molar-refractivity contribution is 7.89. The molecule has 0 aliphatic heterocycles. The van der Waals surface area contributed by atoms with Crippen molar-refractivity contribution in [3.63, 3.8) is 0 Å². The molecule has 6 nitrogen and oxygen atoms in total. The van der Waals surface area contributed by atoms with Gasteiger partial charge in [-0.15, -0.1) is 0 Å². The zero-order valence-corrected chi connectivity index (χ0v) is 16.7. The summed E-state index contributed by atoms with van der Waals surface area (Å²) in [7, 11) is -2.25. The predicted molar refractivity (Wildman–Crippen MR) is 106 cm³/mol. The minimum absolute atomic E-state index is 0.137. The smallest absolute Gasteiger partial charge is 0.240 e. The second-order valence-corrected chi connectivity index (χ2v) is 8.85. The molecule has 2 N–H and O–H groups in total. The molecule has 3 rings (SSSR count). The number of nitrogens with one attached hydrogen (secondary N) is 2. The van der Waals surface area contributed by atoms with Crippen LogP contribution in [0.15, 0.2) is 47.4 Å². The predicted octanol–water partition coefficient (Wildman–Crippen LogP) is 2.65. The van der Waals surface area contributed by atoms with Crippen LogP contribution in [0.25, 0.3) is 0 Å². The van der Waals surface area contributed by atoms with Gasteiger partial charge in [-0.3, -0.25) is 9.69 Å². The number of nitrogens with zero attached hydrogens (tertiary/aromatic N) is 1. The van der Waals surface area contributed by atoms with Crippen LogP contribution in [0.3, 0.4) is 0 Å². The summed E-state index contributed by atoms with van der Waals surface area (Å²) < 4.78 is 39.6. The molecule has 0 atom stereocenters. The Morgan fingerprint density at radius 3 is 2.46 bits per heavy atom. The fourth-order valence-electron chi connectivity index (χ4n) is 3.04. The minimum Gasteiger partial charge on any atom is -0.325 e. The number of sulfonamides is 1. The fraction of sp³-hybridized carbons (Fsp3) is 0.350. The van der Waals surface area contributed by atoms with Gasteiger partial charge in [-0.05, 0) is 62.2 Å². The van der Waals surface area contributed by atoms with Crippen molar-refractivity contribution in [1.82, 2.24) is 9.62 Å². The van der Waals surface area contributed by atoms with E-state index in [1.165, 1.54) is 25.2 Å². The summed E-state index contributed by atoms with van der Waals surface area (Å²) >= 11 is 0. The van der Waals surface area contributed by atoms with E-state index in [0.717, 1.165) is 18.4 Å². The number of rotatable bonds is 8. The van der Waals surface area contributed by atoms with Crippen LogP contribution in [0.5, 0.6) is 0 Å². The molecule has 28 heavy (non-hydrogen) atoms. The molecule has 8 heteroatoms. The lowest BCUT2D eigenvalue weighted by molar-refractivity contribution is -0.117. The standard InChI is InChI=1S/C20H24FN3O3S/c1-14-3-8-17(11-19(14)28(26,27)22-2)23-20(25)13-24(18-9-10-18)12-15-4-6-16(21)7-5-15/h3-8,11,18,22H,9-10,12-13H2,1-2H3,(H,23,25). The summed E-state index contributed by atoms with van der Waals surface area (Å²) in [6.07, 6.45) is 2.06.